The van der Waals surface area contributed by atoms with Crippen molar-refractivity contribution >= 4 is 11.9 Å². The van der Waals surface area contributed by atoms with Crippen LogP contribution < -0.4 is 0 Å². The Hall–Kier alpha value is -1.14. The van der Waals surface area contributed by atoms with Gasteiger partial charge in [-0.2, -0.15) is 0 Å². The topological polar surface area (TPSA) is 93.1 Å². The van der Waals surface area contributed by atoms with Crippen LogP contribution in [0.2, 0.25) is 0 Å². The number of aliphatic hydroxyl groups is 1. The van der Waals surface area contributed by atoms with Crippen molar-refractivity contribution in [1.29, 1.82) is 0 Å². The molecule has 0 radical (unpaired) electrons. The van der Waals surface area contributed by atoms with E-state index in [4.69, 9.17) is 9.47 Å². The Labute approximate surface area is 120 Å². The fourth-order valence-electron chi connectivity index (χ4n) is 2.19. The maximum absolute atomic E-state index is 12.1. The zero-order valence-electron chi connectivity index (χ0n) is 12.7. The quantitative estimate of drug-likeness (QED) is 0.467. The number of hydrogen-bond donors (Lipinski definition) is 2. The summed E-state index contributed by atoms with van der Waals surface area (Å²) in [5, 5.41) is 19.4. The van der Waals surface area contributed by atoms with Crippen molar-refractivity contribution in [1.82, 2.24) is 0 Å². The molecule has 0 rings (SSSR count). The molecule has 0 aliphatic heterocycles. The van der Waals surface area contributed by atoms with Gasteiger partial charge in [0.2, 0.25) is 0 Å². The van der Waals surface area contributed by atoms with E-state index in [-0.39, 0.29) is 32.0 Å². The van der Waals surface area contributed by atoms with Crippen LogP contribution in [0, 0.1) is 11.3 Å². The summed E-state index contributed by atoms with van der Waals surface area (Å²) in [6.07, 6.45) is -1.11. The number of aliphatic hydroxyl groups excluding tert-OH is 1. The first-order valence-corrected chi connectivity index (χ1v) is 6.96. The van der Waals surface area contributed by atoms with E-state index in [0.29, 0.717) is 6.61 Å². The molecule has 0 saturated carbocycles. The van der Waals surface area contributed by atoms with Crippen LogP contribution in [-0.2, 0) is 19.1 Å². The first kappa shape index (κ1) is 18.9. The summed E-state index contributed by atoms with van der Waals surface area (Å²) in [5.41, 5.74) is -1.72. The molecule has 0 aromatic carbocycles. The number of carboxylic acid groups (broad SMARTS) is 1. The van der Waals surface area contributed by atoms with Crippen LogP contribution in [-0.4, -0.2) is 48.1 Å². The Bertz CT molecular complexity index is 315. The smallest absolute Gasteiger partial charge is 0.323 e. The lowest BCUT2D eigenvalue weighted by atomic mass is 9.75. The molecule has 20 heavy (non-hydrogen) atoms. The predicted molar refractivity (Wildman–Crippen MR) is 73.3 cm³/mol. The monoisotopic (exact) mass is 290 g/mol. The summed E-state index contributed by atoms with van der Waals surface area (Å²) in [6, 6.07) is 0. The van der Waals surface area contributed by atoms with Crippen LogP contribution in [0.1, 0.15) is 40.5 Å². The second-order valence-electron chi connectivity index (χ2n) is 5.22. The highest BCUT2D eigenvalue weighted by atomic mass is 16.5. The molecule has 118 valence electrons. The van der Waals surface area contributed by atoms with E-state index in [1.165, 1.54) is 0 Å². The lowest BCUT2D eigenvalue weighted by molar-refractivity contribution is -0.173. The van der Waals surface area contributed by atoms with Crippen LogP contribution in [0.15, 0.2) is 0 Å². The van der Waals surface area contributed by atoms with E-state index >= 15 is 0 Å². The Morgan fingerprint density at radius 3 is 2.15 bits per heavy atom. The third-order valence-electron chi connectivity index (χ3n) is 2.93. The summed E-state index contributed by atoms with van der Waals surface area (Å²) in [7, 11) is 0. The highest BCUT2D eigenvalue weighted by Gasteiger charge is 2.49. The van der Waals surface area contributed by atoms with Gasteiger partial charge in [0.25, 0.3) is 0 Å². The Kier molecular flexibility index (Phi) is 8.41. The zero-order chi connectivity index (χ0) is 15.8. The van der Waals surface area contributed by atoms with E-state index in [0.717, 1.165) is 0 Å². The fourth-order valence-corrected chi connectivity index (χ4v) is 2.19. The number of rotatable bonds is 10. The summed E-state index contributed by atoms with van der Waals surface area (Å²) < 4.78 is 9.97. The zero-order valence-corrected chi connectivity index (χ0v) is 12.7. The van der Waals surface area contributed by atoms with E-state index in [1.54, 1.807) is 13.8 Å². The van der Waals surface area contributed by atoms with Gasteiger partial charge < -0.3 is 19.7 Å². The van der Waals surface area contributed by atoms with Crippen molar-refractivity contribution in [3.8, 4) is 0 Å². The largest absolute Gasteiger partial charge is 0.480 e. The minimum atomic E-state index is -1.72. The minimum Gasteiger partial charge on any atom is -0.480 e. The Morgan fingerprint density at radius 1 is 1.15 bits per heavy atom. The maximum Gasteiger partial charge on any atom is 0.323 e. The number of carbonyl (C=O) groups is 2. The number of aliphatic carboxylic acids is 1. The molecule has 0 heterocycles. The van der Waals surface area contributed by atoms with Gasteiger partial charge in [-0.1, -0.05) is 13.8 Å². The van der Waals surface area contributed by atoms with Gasteiger partial charge >= 0.3 is 11.9 Å². The summed E-state index contributed by atoms with van der Waals surface area (Å²) >= 11 is 0. The van der Waals surface area contributed by atoms with Crippen molar-refractivity contribution in [3.05, 3.63) is 0 Å². The van der Waals surface area contributed by atoms with Gasteiger partial charge in [-0.25, -0.2) is 0 Å². The third-order valence-corrected chi connectivity index (χ3v) is 2.93. The molecule has 0 bridgehead atoms. The van der Waals surface area contributed by atoms with Crippen LogP contribution >= 0.6 is 0 Å². The average Bonchev–Trinajstić information content (AvgIpc) is 2.34. The van der Waals surface area contributed by atoms with E-state index in [2.05, 4.69) is 0 Å². The molecule has 0 amide bonds. The van der Waals surface area contributed by atoms with Crippen molar-refractivity contribution in [3.63, 3.8) is 0 Å². The summed E-state index contributed by atoms with van der Waals surface area (Å²) in [6.45, 7) is 7.57. The summed E-state index contributed by atoms with van der Waals surface area (Å²) in [4.78, 5) is 23.7. The minimum absolute atomic E-state index is 0.00301. The van der Waals surface area contributed by atoms with Crippen molar-refractivity contribution in [2.45, 2.75) is 46.6 Å². The van der Waals surface area contributed by atoms with Gasteiger partial charge in [0.1, 0.15) is 0 Å². The van der Waals surface area contributed by atoms with Crippen molar-refractivity contribution in [2.75, 3.05) is 19.8 Å². The molecule has 6 nitrogen and oxygen atoms in total. The van der Waals surface area contributed by atoms with Gasteiger partial charge in [0.05, 0.1) is 19.3 Å². The van der Waals surface area contributed by atoms with Gasteiger partial charge in [-0.05, 0) is 26.2 Å². The molecule has 0 aromatic rings. The second kappa shape index (κ2) is 8.92. The second-order valence-corrected chi connectivity index (χ2v) is 5.22. The van der Waals surface area contributed by atoms with Crippen LogP contribution in [0.3, 0.4) is 0 Å². The van der Waals surface area contributed by atoms with E-state index < -0.39 is 23.5 Å². The first-order valence-electron chi connectivity index (χ1n) is 6.96. The molecule has 0 saturated heterocycles. The van der Waals surface area contributed by atoms with Gasteiger partial charge in [-0.15, -0.1) is 0 Å². The molecule has 0 aromatic heterocycles. The number of hydrogen-bond acceptors (Lipinski definition) is 5. The predicted octanol–water partition coefficient (Wildman–Crippen LogP) is 1.45. The first-order chi connectivity index (χ1) is 9.30. The normalized spacial score (nSPS) is 15.7. The van der Waals surface area contributed by atoms with Gasteiger partial charge in [0, 0.05) is 13.0 Å². The maximum atomic E-state index is 12.1. The summed E-state index contributed by atoms with van der Waals surface area (Å²) in [5.74, 6) is -2.08. The molecule has 2 atom stereocenters. The number of carbonyl (C=O) groups excluding carboxylic acids is 1. The molecular weight excluding hydrogens is 264 g/mol. The Morgan fingerprint density at radius 2 is 1.75 bits per heavy atom. The number of ether oxygens (including phenoxy) is 2. The standard InChI is InChI=1S/C14H26O6/c1-5-19-9-11(15)8-14(12(16)17,7-10(3)4)13(18)20-6-2/h10-11,15H,5-9H2,1-4H3,(H,16,17). The third kappa shape index (κ3) is 5.46. The van der Waals surface area contributed by atoms with Gasteiger partial charge in [-0.3, -0.25) is 9.59 Å². The van der Waals surface area contributed by atoms with E-state index in [1.807, 2.05) is 13.8 Å². The fraction of sp³-hybridized carbons (Fsp3) is 0.857. The van der Waals surface area contributed by atoms with Crippen molar-refractivity contribution in [2.24, 2.45) is 11.3 Å². The molecule has 2 unspecified atom stereocenters. The molecule has 6 heteroatoms. The van der Waals surface area contributed by atoms with Gasteiger partial charge in [0.15, 0.2) is 5.41 Å². The Balaban J connectivity index is 5.17. The number of esters is 1. The van der Waals surface area contributed by atoms with Crippen LogP contribution in [0.4, 0.5) is 0 Å². The average molecular weight is 290 g/mol. The highest BCUT2D eigenvalue weighted by Crippen LogP contribution is 2.34. The molecule has 2 N–H and O–H groups in total. The number of carboxylic acids is 1. The van der Waals surface area contributed by atoms with Crippen molar-refractivity contribution < 1.29 is 29.3 Å². The highest BCUT2D eigenvalue weighted by molar-refractivity contribution is 5.99. The van der Waals surface area contributed by atoms with E-state index in [9.17, 15) is 19.8 Å². The SMILES string of the molecule is CCOCC(O)CC(CC(C)C)(C(=O)O)C(=O)OCC. The molecule has 0 fully saturated rings. The lowest BCUT2D eigenvalue weighted by Gasteiger charge is -2.30. The van der Waals surface area contributed by atoms with Crippen LogP contribution in [0.5, 0.6) is 0 Å². The molecular formula is C14H26O6. The van der Waals surface area contributed by atoms with Crippen LogP contribution in [0.25, 0.3) is 0 Å². The molecule has 0 aliphatic rings. The lowest BCUT2D eigenvalue weighted by Crippen LogP contribution is -2.45. The molecule has 0 aliphatic carbocycles. The molecule has 0 spiro atoms.